The minimum Gasteiger partial charge on any atom is -0.337 e. The van der Waals surface area contributed by atoms with Crippen molar-refractivity contribution >= 4 is 23.8 Å². The Labute approximate surface area is 164 Å². The molecule has 7 heteroatoms. The van der Waals surface area contributed by atoms with Crippen molar-refractivity contribution in [3.63, 3.8) is 0 Å². The number of carbonyl (C=O) groups excluding carboxylic acids is 4. The van der Waals surface area contributed by atoms with E-state index < -0.39 is 17.8 Å². The van der Waals surface area contributed by atoms with Crippen LogP contribution < -0.4 is 0 Å². The molecule has 1 aromatic rings. The van der Waals surface area contributed by atoms with Crippen LogP contribution in [0.5, 0.6) is 0 Å². The third-order valence-electron chi connectivity index (χ3n) is 6.27. The molecule has 3 aliphatic rings. The Bertz CT molecular complexity index is 831. The molecule has 0 N–H and O–H groups in total. The van der Waals surface area contributed by atoms with Gasteiger partial charge in [0.25, 0.3) is 0 Å². The zero-order chi connectivity index (χ0) is 19.8. The molecule has 0 bridgehead atoms. The van der Waals surface area contributed by atoms with E-state index in [2.05, 4.69) is 6.07 Å². The maximum Gasteiger partial charge on any atom is 0.334 e. The molecule has 4 rings (SSSR count). The number of aryl methyl sites for hydroxylation is 1. The van der Waals surface area contributed by atoms with E-state index in [1.807, 2.05) is 18.2 Å². The largest absolute Gasteiger partial charge is 0.337 e. The molecule has 5 amide bonds. The topological polar surface area (TPSA) is 78.0 Å². The molecule has 1 aliphatic heterocycles. The Hall–Kier alpha value is -2.70. The predicted octanol–water partition coefficient (Wildman–Crippen LogP) is 2.26. The monoisotopic (exact) mass is 383 g/mol. The first kappa shape index (κ1) is 18.7. The third kappa shape index (κ3) is 3.08. The summed E-state index contributed by atoms with van der Waals surface area (Å²) in [7, 11) is 1.71. The summed E-state index contributed by atoms with van der Waals surface area (Å²) >= 11 is 0. The highest BCUT2D eigenvalue weighted by Gasteiger charge is 2.49. The lowest BCUT2D eigenvalue weighted by Gasteiger charge is -2.34. The van der Waals surface area contributed by atoms with E-state index in [0.29, 0.717) is 0 Å². The molecule has 1 heterocycles. The van der Waals surface area contributed by atoms with E-state index in [1.54, 1.807) is 11.9 Å². The first-order valence-corrected chi connectivity index (χ1v) is 10.0. The Morgan fingerprint density at radius 2 is 1.75 bits per heavy atom. The second-order valence-electron chi connectivity index (χ2n) is 7.90. The fourth-order valence-electron chi connectivity index (χ4n) is 4.70. The van der Waals surface area contributed by atoms with Gasteiger partial charge in [-0.25, -0.2) is 9.69 Å². The number of nitrogens with zero attached hydrogens (tertiary/aromatic N) is 3. The molecule has 0 radical (unpaired) electrons. The van der Waals surface area contributed by atoms with Crippen molar-refractivity contribution in [2.75, 3.05) is 13.6 Å². The van der Waals surface area contributed by atoms with E-state index in [-0.39, 0.29) is 24.5 Å². The molecule has 0 unspecified atom stereocenters. The molecule has 2 aliphatic carbocycles. The molecule has 28 heavy (non-hydrogen) atoms. The van der Waals surface area contributed by atoms with Crippen molar-refractivity contribution in [1.29, 1.82) is 0 Å². The average Bonchev–Trinajstić information content (AvgIpc) is 3.30. The summed E-state index contributed by atoms with van der Waals surface area (Å²) in [4.78, 5) is 53.7. The SMILES string of the molecule is CN(C(=O)CN1C(=O)C(=O)N(C2CCCC2)C1=O)[C@@H]1CCCc2ccccc21. The van der Waals surface area contributed by atoms with Crippen LogP contribution in [-0.2, 0) is 20.8 Å². The standard InChI is InChI=1S/C21H25N3O4/c1-22(17-12-6-8-14-7-2-5-11-16(14)17)18(25)13-23-19(26)20(27)24(21(23)28)15-9-3-4-10-15/h2,5,7,11,15,17H,3-4,6,8-10,12-13H2,1H3/t17-/m1/s1. The number of hydrogen-bond donors (Lipinski definition) is 0. The van der Waals surface area contributed by atoms with Crippen LogP contribution in [0.15, 0.2) is 24.3 Å². The van der Waals surface area contributed by atoms with Gasteiger partial charge in [-0.05, 0) is 43.2 Å². The molecule has 0 aromatic heterocycles. The van der Waals surface area contributed by atoms with E-state index >= 15 is 0 Å². The van der Waals surface area contributed by atoms with Gasteiger partial charge in [-0.1, -0.05) is 37.1 Å². The average molecular weight is 383 g/mol. The van der Waals surface area contributed by atoms with Gasteiger partial charge in [0.05, 0.1) is 6.04 Å². The summed E-state index contributed by atoms with van der Waals surface area (Å²) in [6.45, 7) is -0.387. The smallest absolute Gasteiger partial charge is 0.334 e. The van der Waals surface area contributed by atoms with Crippen LogP contribution in [-0.4, -0.2) is 58.1 Å². The summed E-state index contributed by atoms with van der Waals surface area (Å²) in [6.07, 6.45) is 6.15. The van der Waals surface area contributed by atoms with Crippen LogP contribution in [0.25, 0.3) is 0 Å². The highest BCUT2D eigenvalue weighted by Crippen LogP contribution is 2.34. The Balaban J connectivity index is 1.48. The molecule has 1 saturated carbocycles. The van der Waals surface area contributed by atoms with Crippen molar-refractivity contribution in [2.45, 2.75) is 57.0 Å². The normalized spacial score (nSPS) is 22.8. The Morgan fingerprint density at radius 1 is 1.04 bits per heavy atom. The predicted molar refractivity (Wildman–Crippen MR) is 101 cm³/mol. The van der Waals surface area contributed by atoms with Crippen LogP contribution in [0.4, 0.5) is 4.79 Å². The Morgan fingerprint density at radius 3 is 2.50 bits per heavy atom. The van der Waals surface area contributed by atoms with Crippen molar-refractivity contribution in [2.24, 2.45) is 0 Å². The lowest BCUT2D eigenvalue weighted by Crippen LogP contribution is -2.44. The van der Waals surface area contributed by atoms with Crippen LogP contribution >= 0.6 is 0 Å². The van der Waals surface area contributed by atoms with E-state index in [4.69, 9.17) is 0 Å². The van der Waals surface area contributed by atoms with Gasteiger partial charge in [-0.15, -0.1) is 0 Å². The number of hydrogen-bond acceptors (Lipinski definition) is 4. The van der Waals surface area contributed by atoms with Crippen molar-refractivity contribution in [1.82, 2.24) is 14.7 Å². The molecule has 2 fully saturated rings. The van der Waals surface area contributed by atoms with Crippen LogP contribution in [0, 0.1) is 0 Å². The summed E-state index contributed by atoms with van der Waals surface area (Å²) < 4.78 is 0. The van der Waals surface area contributed by atoms with Crippen LogP contribution in [0.2, 0.25) is 0 Å². The first-order valence-electron chi connectivity index (χ1n) is 10.0. The van der Waals surface area contributed by atoms with Gasteiger partial charge in [-0.3, -0.25) is 19.3 Å². The molecule has 1 aromatic carbocycles. The van der Waals surface area contributed by atoms with E-state index in [0.717, 1.165) is 60.3 Å². The highest BCUT2D eigenvalue weighted by atomic mass is 16.2. The summed E-state index contributed by atoms with van der Waals surface area (Å²) in [5, 5.41) is 0. The maximum atomic E-state index is 12.9. The number of urea groups is 1. The van der Waals surface area contributed by atoms with Gasteiger partial charge >= 0.3 is 17.8 Å². The fraction of sp³-hybridized carbons (Fsp3) is 0.524. The van der Waals surface area contributed by atoms with Gasteiger partial charge in [0.2, 0.25) is 5.91 Å². The van der Waals surface area contributed by atoms with Gasteiger partial charge in [0.15, 0.2) is 0 Å². The molecular formula is C21H25N3O4. The minimum absolute atomic E-state index is 0.0770. The molecule has 1 atom stereocenters. The zero-order valence-corrected chi connectivity index (χ0v) is 16.1. The summed E-state index contributed by atoms with van der Waals surface area (Å²) in [5.74, 6) is -2.01. The third-order valence-corrected chi connectivity index (χ3v) is 6.27. The molecule has 1 saturated heterocycles. The number of imide groups is 2. The number of rotatable bonds is 4. The lowest BCUT2D eigenvalue weighted by molar-refractivity contribution is -0.145. The fourth-order valence-corrected chi connectivity index (χ4v) is 4.70. The van der Waals surface area contributed by atoms with Crippen LogP contribution in [0.3, 0.4) is 0 Å². The summed E-state index contributed by atoms with van der Waals surface area (Å²) in [6, 6.07) is 7.12. The quantitative estimate of drug-likeness (QED) is 0.590. The Kier molecular flexibility index (Phi) is 4.91. The number of likely N-dealkylation sites (N-methyl/N-ethyl adjacent to an activating group) is 1. The summed E-state index contributed by atoms with van der Waals surface area (Å²) in [5.41, 5.74) is 2.35. The molecule has 0 spiro atoms. The van der Waals surface area contributed by atoms with Gasteiger partial charge in [-0.2, -0.15) is 0 Å². The lowest BCUT2D eigenvalue weighted by atomic mass is 9.87. The molecule has 7 nitrogen and oxygen atoms in total. The first-order chi connectivity index (χ1) is 13.5. The number of fused-ring (bicyclic) bond motifs is 1. The second kappa shape index (κ2) is 7.37. The number of amides is 5. The van der Waals surface area contributed by atoms with E-state index in [9.17, 15) is 19.2 Å². The number of carbonyl (C=O) groups is 4. The highest BCUT2D eigenvalue weighted by molar-refractivity contribution is 6.45. The maximum absolute atomic E-state index is 12.9. The molecule has 148 valence electrons. The van der Waals surface area contributed by atoms with Gasteiger partial charge in [0.1, 0.15) is 6.54 Å². The van der Waals surface area contributed by atoms with Crippen molar-refractivity contribution in [3.8, 4) is 0 Å². The van der Waals surface area contributed by atoms with Gasteiger partial charge in [0, 0.05) is 13.1 Å². The van der Waals surface area contributed by atoms with E-state index in [1.165, 1.54) is 5.56 Å². The molecular weight excluding hydrogens is 358 g/mol. The van der Waals surface area contributed by atoms with Crippen molar-refractivity contribution < 1.29 is 19.2 Å². The number of benzene rings is 1. The minimum atomic E-state index is -0.886. The zero-order valence-electron chi connectivity index (χ0n) is 16.1. The van der Waals surface area contributed by atoms with Crippen LogP contribution in [0.1, 0.15) is 55.7 Å². The van der Waals surface area contributed by atoms with Crippen molar-refractivity contribution in [3.05, 3.63) is 35.4 Å². The van der Waals surface area contributed by atoms with Gasteiger partial charge < -0.3 is 4.90 Å². The second-order valence-corrected chi connectivity index (χ2v) is 7.90.